The number of aromatic nitrogens is 2. The summed E-state index contributed by atoms with van der Waals surface area (Å²) >= 11 is 3.48. The number of halogens is 3. The molecule has 0 fully saturated rings. The summed E-state index contributed by atoms with van der Waals surface area (Å²) in [6.45, 7) is 0.0314. The Morgan fingerprint density at radius 2 is 1.97 bits per heavy atom. The summed E-state index contributed by atoms with van der Waals surface area (Å²) in [5.74, 6) is 0.402. The number of hydrogen-bond acceptors (Lipinski definition) is 4. The van der Waals surface area contributed by atoms with E-state index >= 15 is 0 Å². The maximum atomic E-state index is 13.9. The van der Waals surface area contributed by atoms with Gasteiger partial charge in [-0.15, -0.1) is 0 Å². The highest BCUT2D eigenvalue weighted by Crippen LogP contribution is 2.36. The van der Waals surface area contributed by atoms with Crippen molar-refractivity contribution in [1.29, 1.82) is 5.26 Å². The molecule has 0 radical (unpaired) electrons. The van der Waals surface area contributed by atoms with Crippen molar-refractivity contribution in [3.8, 4) is 17.6 Å². The fourth-order valence-corrected chi connectivity index (χ4v) is 3.56. The highest BCUT2D eigenvalue weighted by molar-refractivity contribution is 9.10. The third-order valence-corrected chi connectivity index (χ3v) is 5.43. The van der Waals surface area contributed by atoms with Gasteiger partial charge in [-0.05, 0) is 48.0 Å². The molecule has 0 aliphatic carbocycles. The van der Waals surface area contributed by atoms with Gasteiger partial charge >= 0.3 is 0 Å². The van der Waals surface area contributed by atoms with Gasteiger partial charge in [0.15, 0.2) is 11.5 Å². The van der Waals surface area contributed by atoms with E-state index in [9.17, 15) is 14.0 Å². The Bertz CT molecular complexity index is 1380. The lowest BCUT2D eigenvalue weighted by Gasteiger charge is -2.13. The molecule has 4 aromatic rings. The Labute approximate surface area is 191 Å². The highest BCUT2D eigenvalue weighted by atomic mass is 79.9. The van der Waals surface area contributed by atoms with Crippen LogP contribution < -0.4 is 9.47 Å². The zero-order valence-corrected chi connectivity index (χ0v) is 18.4. The van der Waals surface area contributed by atoms with Gasteiger partial charge in [-0.1, -0.05) is 34.1 Å². The summed E-state index contributed by atoms with van der Waals surface area (Å²) in [6.07, 6.45) is 1.63. The van der Waals surface area contributed by atoms with E-state index in [1.165, 1.54) is 25.3 Å². The Balaban J connectivity index is 1.65. The molecule has 0 saturated heterocycles. The van der Waals surface area contributed by atoms with E-state index in [2.05, 4.69) is 32.0 Å². The van der Waals surface area contributed by atoms with Crippen molar-refractivity contribution in [2.24, 2.45) is 0 Å². The molecule has 1 N–H and O–H groups in total. The number of ether oxygens (including phenoxy) is 2. The number of aromatic amines is 1. The average Bonchev–Trinajstić information content (AvgIpc) is 3.20. The quantitative estimate of drug-likeness (QED) is 0.320. The van der Waals surface area contributed by atoms with E-state index in [1.807, 2.05) is 0 Å². The number of nitriles is 1. The van der Waals surface area contributed by atoms with Gasteiger partial charge in [-0.25, -0.2) is 13.8 Å². The first kappa shape index (κ1) is 21.5. The van der Waals surface area contributed by atoms with Crippen LogP contribution in [0.5, 0.6) is 11.5 Å². The van der Waals surface area contributed by atoms with Crippen molar-refractivity contribution >= 4 is 38.6 Å². The first-order chi connectivity index (χ1) is 15.5. The summed E-state index contributed by atoms with van der Waals surface area (Å²) in [6, 6.07) is 16.0. The number of nitrogens with zero attached hydrogens (tertiary/aromatic N) is 2. The van der Waals surface area contributed by atoms with Gasteiger partial charge in [-0.2, -0.15) is 5.26 Å². The van der Waals surface area contributed by atoms with E-state index < -0.39 is 5.82 Å². The number of nitrogens with one attached hydrogen (secondary N) is 1. The second kappa shape index (κ2) is 9.20. The molecule has 32 heavy (non-hydrogen) atoms. The van der Waals surface area contributed by atoms with Crippen LogP contribution in [0.25, 0.3) is 22.7 Å². The summed E-state index contributed by atoms with van der Waals surface area (Å²) in [7, 11) is 1.49. The van der Waals surface area contributed by atoms with Crippen LogP contribution in [0.2, 0.25) is 0 Å². The first-order valence-electron chi connectivity index (χ1n) is 9.49. The number of allylic oxidation sites excluding steroid dienone is 1. The fourth-order valence-electron chi connectivity index (χ4n) is 3.12. The van der Waals surface area contributed by atoms with Gasteiger partial charge in [0.05, 0.1) is 23.7 Å². The molecule has 0 bridgehead atoms. The number of benzene rings is 3. The van der Waals surface area contributed by atoms with Crippen LogP contribution in [0.15, 0.2) is 59.1 Å². The Kier molecular flexibility index (Phi) is 6.19. The van der Waals surface area contributed by atoms with Crippen LogP contribution >= 0.6 is 15.9 Å². The molecule has 1 heterocycles. The van der Waals surface area contributed by atoms with Crippen LogP contribution in [-0.4, -0.2) is 17.1 Å². The Hall–Kier alpha value is -3.70. The van der Waals surface area contributed by atoms with Crippen molar-refractivity contribution in [3.63, 3.8) is 0 Å². The fraction of sp³-hybridized carbons (Fsp3) is 0.0833. The van der Waals surface area contributed by atoms with Gasteiger partial charge in [0.1, 0.15) is 30.1 Å². The summed E-state index contributed by atoms with van der Waals surface area (Å²) < 4.78 is 39.2. The van der Waals surface area contributed by atoms with E-state index in [4.69, 9.17) is 9.47 Å². The SMILES string of the molecule is COc1cc(/C=C(/C#N)c2nc3ccc(F)cc3[nH]2)c(Br)cc1OCc1ccccc1F. The van der Waals surface area contributed by atoms with Crippen LogP contribution in [-0.2, 0) is 6.61 Å². The van der Waals surface area contributed by atoms with Crippen LogP contribution in [0.3, 0.4) is 0 Å². The third kappa shape index (κ3) is 4.48. The minimum Gasteiger partial charge on any atom is -0.493 e. The van der Waals surface area contributed by atoms with Gasteiger partial charge in [0, 0.05) is 10.0 Å². The molecule has 1 aromatic heterocycles. The number of fused-ring (bicyclic) bond motifs is 1. The molecule has 0 spiro atoms. The van der Waals surface area contributed by atoms with E-state index in [1.54, 1.807) is 42.5 Å². The summed E-state index contributed by atoms with van der Waals surface area (Å²) in [5.41, 5.74) is 2.36. The molecule has 0 saturated carbocycles. The molecule has 8 heteroatoms. The minimum absolute atomic E-state index is 0.0314. The van der Waals surface area contributed by atoms with E-state index in [0.717, 1.165) is 0 Å². The molecule has 0 amide bonds. The first-order valence-corrected chi connectivity index (χ1v) is 10.3. The lowest BCUT2D eigenvalue weighted by Crippen LogP contribution is -2.00. The molecule has 3 aromatic carbocycles. The standard InChI is InChI=1S/C24H16BrF2N3O2/c1-31-22-9-15(18(25)11-23(22)32-13-14-4-2-3-5-19(14)27)8-16(12-28)24-29-20-7-6-17(26)10-21(20)30-24/h2-11H,13H2,1H3,(H,29,30)/b16-8-. The average molecular weight is 496 g/mol. The normalized spacial score (nSPS) is 11.4. The van der Waals surface area contributed by atoms with Gasteiger partial charge in [0.25, 0.3) is 0 Å². The second-order valence-electron chi connectivity index (χ2n) is 6.82. The number of rotatable bonds is 6. The number of H-pyrrole nitrogens is 1. The second-order valence-corrected chi connectivity index (χ2v) is 7.68. The Morgan fingerprint density at radius 1 is 1.16 bits per heavy atom. The highest BCUT2D eigenvalue weighted by Gasteiger charge is 2.14. The van der Waals surface area contributed by atoms with Gasteiger partial charge < -0.3 is 14.5 Å². The molecule has 0 atom stereocenters. The number of hydrogen-bond donors (Lipinski definition) is 1. The minimum atomic E-state index is -0.395. The van der Waals surface area contributed by atoms with Crippen LogP contribution in [0, 0.1) is 23.0 Å². The number of methoxy groups -OCH3 is 1. The van der Waals surface area contributed by atoms with Crippen molar-refractivity contribution in [1.82, 2.24) is 9.97 Å². The maximum Gasteiger partial charge on any atom is 0.162 e. The van der Waals surface area contributed by atoms with Crippen LogP contribution in [0.1, 0.15) is 17.0 Å². The largest absolute Gasteiger partial charge is 0.493 e. The third-order valence-electron chi connectivity index (χ3n) is 4.74. The number of imidazole rings is 1. The zero-order valence-electron chi connectivity index (χ0n) is 16.8. The lowest BCUT2D eigenvalue weighted by molar-refractivity contribution is 0.279. The van der Waals surface area contributed by atoms with Gasteiger partial charge in [-0.3, -0.25) is 0 Å². The predicted molar refractivity (Wildman–Crippen MR) is 121 cm³/mol. The summed E-state index contributed by atoms with van der Waals surface area (Å²) in [5, 5.41) is 9.67. The molecule has 0 aliphatic rings. The molecular formula is C24H16BrF2N3O2. The molecule has 5 nitrogen and oxygen atoms in total. The molecule has 0 unspecified atom stereocenters. The Morgan fingerprint density at radius 3 is 2.72 bits per heavy atom. The van der Waals surface area contributed by atoms with E-state index in [0.29, 0.717) is 44.0 Å². The van der Waals surface area contributed by atoms with E-state index in [-0.39, 0.29) is 18.0 Å². The summed E-state index contributed by atoms with van der Waals surface area (Å²) in [4.78, 5) is 7.32. The van der Waals surface area contributed by atoms with Crippen molar-refractivity contribution in [3.05, 3.63) is 87.7 Å². The topological polar surface area (TPSA) is 70.9 Å². The van der Waals surface area contributed by atoms with Crippen molar-refractivity contribution in [2.75, 3.05) is 7.11 Å². The molecule has 4 rings (SSSR count). The lowest BCUT2D eigenvalue weighted by atomic mass is 10.1. The van der Waals surface area contributed by atoms with Gasteiger partial charge in [0.2, 0.25) is 0 Å². The smallest absolute Gasteiger partial charge is 0.162 e. The maximum absolute atomic E-state index is 13.9. The zero-order chi connectivity index (χ0) is 22.7. The van der Waals surface area contributed by atoms with Crippen LogP contribution in [0.4, 0.5) is 8.78 Å². The predicted octanol–water partition coefficient (Wildman–Crippen LogP) is 6.26. The van der Waals surface area contributed by atoms with Crippen molar-refractivity contribution < 1.29 is 18.3 Å². The molecule has 160 valence electrons. The molecule has 0 aliphatic heterocycles. The van der Waals surface area contributed by atoms with Crippen molar-refractivity contribution in [2.45, 2.75) is 6.61 Å². The molecular weight excluding hydrogens is 480 g/mol. The monoisotopic (exact) mass is 495 g/mol.